The van der Waals surface area contributed by atoms with Crippen molar-refractivity contribution in [3.8, 4) is 28.1 Å². The van der Waals surface area contributed by atoms with Crippen LogP contribution in [0.5, 0.6) is 5.75 Å². The fourth-order valence-electron chi connectivity index (χ4n) is 4.11. The van der Waals surface area contributed by atoms with E-state index in [9.17, 15) is 9.59 Å². The predicted octanol–water partition coefficient (Wildman–Crippen LogP) is 2.80. The van der Waals surface area contributed by atoms with Crippen LogP contribution >= 0.6 is 0 Å². The second-order valence-electron chi connectivity index (χ2n) is 8.30. The second kappa shape index (κ2) is 10.5. The first kappa shape index (κ1) is 23.4. The van der Waals surface area contributed by atoms with Gasteiger partial charge in [-0.05, 0) is 35.4 Å². The van der Waals surface area contributed by atoms with Crippen LogP contribution in [0.4, 0.5) is 0 Å². The van der Waals surface area contributed by atoms with Gasteiger partial charge >= 0.3 is 0 Å². The highest BCUT2D eigenvalue weighted by atomic mass is 16.5. The van der Waals surface area contributed by atoms with Gasteiger partial charge in [0.1, 0.15) is 5.75 Å². The van der Waals surface area contributed by atoms with Crippen LogP contribution in [0.1, 0.15) is 10.4 Å². The van der Waals surface area contributed by atoms with Gasteiger partial charge < -0.3 is 14.4 Å². The third-order valence-electron chi connectivity index (χ3n) is 6.08. The average Bonchev–Trinajstić information content (AvgIpc) is 2.95. The summed E-state index contributed by atoms with van der Waals surface area (Å²) >= 11 is 0. The molecule has 0 spiro atoms. The summed E-state index contributed by atoms with van der Waals surface area (Å²) < 4.78 is 11.0. The Balaban J connectivity index is 1.30. The monoisotopic (exact) mass is 483 g/mol. The van der Waals surface area contributed by atoms with Crippen LogP contribution in [-0.2, 0) is 9.53 Å². The molecule has 0 saturated carbocycles. The van der Waals surface area contributed by atoms with Crippen LogP contribution < -0.4 is 16.0 Å². The molecule has 0 bridgehead atoms. The van der Waals surface area contributed by atoms with E-state index < -0.39 is 5.91 Å². The van der Waals surface area contributed by atoms with Gasteiger partial charge in [-0.25, -0.2) is 10.8 Å². The van der Waals surface area contributed by atoms with Gasteiger partial charge in [0.15, 0.2) is 6.61 Å². The first-order valence-corrected chi connectivity index (χ1v) is 11.6. The van der Waals surface area contributed by atoms with Gasteiger partial charge in [0.2, 0.25) is 0 Å². The van der Waals surface area contributed by atoms with Crippen molar-refractivity contribution >= 4 is 22.7 Å². The number of amides is 2. The van der Waals surface area contributed by atoms with E-state index in [1.165, 1.54) is 0 Å². The second-order valence-corrected chi connectivity index (χ2v) is 8.30. The number of carbonyl (C=O) groups excluding carboxylic acids is 2. The number of rotatable bonds is 6. The zero-order chi connectivity index (χ0) is 24.9. The molecule has 2 amide bonds. The lowest BCUT2D eigenvalue weighted by molar-refractivity contribution is -0.137. The molecule has 1 aliphatic rings. The van der Waals surface area contributed by atoms with E-state index in [-0.39, 0.29) is 12.5 Å². The average molecular weight is 484 g/mol. The highest BCUT2D eigenvalue weighted by molar-refractivity contribution is 6.06. The number of pyridine rings is 2. The van der Waals surface area contributed by atoms with Gasteiger partial charge in [-0.1, -0.05) is 36.4 Å². The van der Waals surface area contributed by atoms with Crippen LogP contribution in [-0.4, -0.2) is 59.6 Å². The minimum Gasteiger partial charge on any atom is -0.484 e. The van der Waals surface area contributed by atoms with Crippen molar-refractivity contribution in [2.24, 2.45) is 5.84 Å². The number of nitrogens with zero attached hydrogens (tertiary/aromatic N) is 3. The van der Waals surface area contributed by atoms with Crippen molar-refractivity contribution in [3.05, 3.63) is 78.6 Å². The molecule has 0 atom stereocenters. The molecule has 0 aliphatic carbocycles. The molecule has 3 heterocycles. The van der Waals surface area contributed by atoms with Gasteiger partial charge in [0, 0.05) is 36.4 Å². The SMILES string of the molecule is NNC(=O)c1cc(-c2ccc(-c3ccc(OCC(=O)N4CCOCC4)cc3)cc2)nc2ccncc12. The Morgan fingerprint density at radius 3 is 2.33 bits per heavy atom. The number of ether oxygens (including phenoxy) is 2. The molecule has 1 fully saturated rings. The molecule has 0 unspecified atom stereocenters. The number of benzene rings is 2. The molecule has 2 aromatic carbocycles. The van der Waals surface area contributed by atoms with Crippen molar-refractivity contribution in [2.45, 2.75) is 0 Å². The number of hydrogen-bond acceptors (Lipinski definition) is 7. The number of nitrogen functional groups attached to an aromatic ring is 1. The van der Waals surface area contributed by atoms with E-state index >= 15 is 0 Å². The molecular formula is C27H25N5O4. The van der Waals surface area contributed by atoms with Crippen LogP contribution in [0.2, 0.25) is 0 Å². The highest BCUT2D eigenvalue weighted by Gasteiger charge is 2.17. The topological polar surface area (TPSA) is 120 Å². The van der Waals surface area contributed by atoms with E-state index in [1.807, 2.05) is 48.5 Å². The quantitative estimate of drug-likeness (QED) is 0.246. The Bertz CT molecular complexity index is 1380. The Hall–Kier alpha value is -4.34. The van der Waals surface area contributed by atoms with Crippen molar-refractivity contribution in [3.63, 3.8) is 0 Å². The summed E-state index contributed by atoms with van der Waals surface area (Å²) in [4.78, 5) is 35.1. The molecule has 5 rings (SSSR count). The molecule has 1 saturated heterocycles. The minimum atomic E-state index is -0.401. The summed E-state index contributed by atoms with van der Waals surface area (Å²) in [6.45, 7) is 2.35. The van der Waals surface area contributed by atoms with Crippen LogP contribution in [0.3, 0.4) is 0 Å². The maximum Gasteiger partial charge on any atom is 0.265 e. The molecule has 9 nitrogen and oxygen atoms in total. The number of fused-ring (bicyclic) bond motifs is 1. The maximum absolute atomic E-state index is 12.3. The molecule has 0 radical (unpaired) electrons. The molecule has 2 aromatic heterocycles. The molecule has 4 aromatic rings. The fourth-order valence-corrected chi connectivity index (χ4v) is 4.11. The predicted molar refractivity (Wildman–Crippen MR) is 135 cm³/mol. The third-order valence-corrected chi connectivity index (χ3v) is 6.08. The lowest BCUT2D eigenvalue weighted by Gasteiger charge is -2.26. The van der Waals surface area contributed by atoms with Crippen LogP contribution in [0.25, 0.3) is 33.3 Å². The van der Waals surface area contributed by atoms with Crippen molar-refractivity contribution in [1.82, 2.24) is 20.3 Å². The number of morpholine rings is 1. The van der Waals surface area contributed by atoms with Gasteiger partial charge in [0.25, 0.3) is 11.8 Å². The number of nitrogens with one attached hydrogen (secondary N) is 1. The fraction of sp³-hybridized carbons (Fsp3) is 0.185. The first-order valence-electron chi connectivity index (χ1n) is 11.6. The lowest BCUT2D eigenvalue weighted by Crippen LogP contribution is -2.42. The first-order chi connectivity index (χ1) is 17.6. The Kier molecular flexibility index (Phi) is 6.83. The summed E-state index contributed by atoms with van der Waals surface area (Å²) in [5.74, 6) is 5.57. The van der Waals surface area contributed by atoms with Gasteiger partial charge in [-0.3, -0.25) is 20.0 Å². The Morgan fingerprint density at radius 2 is 1.64 bits per heavy atom. The zero-order valence-corrected chi connectivity index (χ0v) is 19.5. The molecule has 182 valence electrons. The van der Waals surface area contributed by atoms with Crippen LogP contribution in [0.15, 0.2) is 73.1 Å². The van der Waals surface area contributed by atoms with Gasteiger partial charge in [-0.15, -0.1) is 0 Å². The number of aromatic nitrogens is 2. The summed E-state index contributed by atoms with van der Waals surface area (Å²) in [6, 6.07) is 19.0. The molecule has 9 heteroatoms. The van der Waals surface area contributed by atoms with Crippen LogP contribution in [0, 0.1) is 0 Å². The Labute approximate surface area is 207 Å². The van der Waals surface area contributed by atoms with E-state index in [0.29, 0.717) is 54.2 Å². The third kappa shape index (κ3) is 5.02. The number of hydrogen-bond donors (Lipinski definition) is 2. The van der Waals surface area contributed by atoms with E-state index in [2.05, 4.69) is 15.4 Å². The van der Waals surface area contributed by atoms with Crippen molar-refractivity contribution in [2.75, 3.05) is 32.9 Å². The van der Waals surface area contributed by atoms with E-state index in [4.69, 9.17) is 15.3 Å². The molecular weight excluding hydrogens is 458 g/mol. The largest absolute Gasteiger partial charge is 0.484 e. The lowest BCUT2D eigenvalue weighted by atomic mass is 10.0. The van der Waals surface area contributed by atoms with Crippen molar-refractivity contribution in [1.29, 1.82) is 0 Å². The molecule has 1 aliphatic heterocycles. The van der Waals surface area contributed by atoms with Gasteiger partial charge in [-0.2, -0.15) is 0 Å². The van der Waals surface area contributed by atoms with E-state index in [0.717, 1.165) is 16.7 Å². The normalized spacial score (nSPS) is 13.4. The number of nitrogens with two attached hydrogens (primary N) is 1. The number of carbonyl (C=O) groups is 2. The van der Waals surface area contributed by atoms with Gasteiger partial charge in [0.05, 0.1) is 30.0 Å². The van der Waals surface area contributed by atoms with E-state index in [1.54, 1.807) is 29.4 Å². The zero-order valence-electron chi connectivity index (χ0n) is 19.5. The highest BCUT2D eigenvalue weighted by Crippen LogP contribution is 2.28. The molecule has 36 heavy (non-hydrogen) atoms. The maximum atomic E-state index is 12.3. The smallest absolute Gasteiger partial charge is 0.265 e. The minimum absolute atomic E-state index is 0.00698. The summed E-state index contributed by atoms with van der Waals surface area (Å²) in [6.07, 6.45) is 3.24. The standard InChI is InChI=1S/C27H25N5O4/c28-31-27(34)22-15-25(30-24-9-10-29-16-23(22)24)20-3-1-18(2-4-20)19-5-7-21(8-6-19)36-17-26(33)32-11-13-35-14-12-32/h1-10,15-16H,11-14,17,28H2,(H,31,34). The summed E-state index contributed by atoms with van der Waals surface area (Å²) in [5.41, 5.74) is 6.81. The Morgan fingerprint density at radius 1 is 0.972 bits per heavy atom. The summed E-state index contributed by atoms with van der Waals surface area (Å²) in [5, 5.41) is 0.634. The molecule has 3 N–H and O–H groups in total. The van der Waals surface area contributed by atoms with Crippen molar-refractivity contribution < 1.29 is 19.1 Å². The number of hydrazine groups is 1. The summed E-state index contributed by atoms with van der Waals surface area (Å²) in [7, 11) is 0.